The largest absolute Gasteiger partial charge is 0.278 e. The predicted molar refractivity (Wildman–Crippen MR) is 58.9 cm³/mol. The molecule has 0 radical (unpaired) electrons. The van der Waals surface area contributed by atoms with Crippen molar-refractivity contribution < 1.29 is 9.59 Å². The summed E-state index contributed by atoms with van der Waals surface area (Å²) >= 11 is 3.35. The van der Waals surface area contributed by atoms with E-state index in [9.17, 15) is 9.59 Å². The third-order valence-electron chi connectivity index (χ3n) is 2.38. The molecule has 0 atom stereocenters. The van der Waals surface area contributed by atoms with Gasteiger partial charge < -0.3 is 0 Å². The van der Waals surface area contributed by atoms with E-state index in [-0.39, 0.29) is 11.8 Å². The maximum absolute atomic E-state index is 11.4. The molecule has 3 nitrogen and oxygen atoms in total. The molecule has 1 aliphatic heterocycles. The molecule has 2 amide bonds. The maximum atomic E-state index is 11.4. The molecule has 0 spiro atoms. The van der Waals surface area contributed by atoms with Crippen LogP contribution in [0.25, 0.3) is 0 Å². The van der Waals surface area contributed by atoms with Crippen molar-refractivity contribution in [1.29, 1.82) is 0 Å². The molecule has 1 heterocycles. The van der Waals surface area contributed by atoms with Crippen LogP contribution in [0.2, 0.25) is 0 Å². The SMILES string of the molecule is O=C1CCC(=O)N1Cc1cccc(Br)c1. The van der Waals surface area contributed by atoms with Gasteiger partial charge in [0, 0.05) is 17.3 Å². The average Bonchev–Trinajstić information content (AvgIpc) is 2.50. The standard InChI is InChI=1S/C11H10BrNO2/c12-9-3-1-2-8(6-9)7-13-10(14)4-5-11(13)15/h1-3,6H,4-5,7H2. The number of hydrogen-bond acceptors (Lipinski definition) is 2. The molecular weight excluding hydrogens is 258 g/mol. The Morgan fingerprint density at radius 2 is 1.87 bits per heavy atom. The minimum absolute atomic E-state index is 0.0695. The summed E-state index contributed by atoms with van der Waals surface area (Å²) in [6.07, 6.45) is 0.708. The van der Waals surface area contributed by atoms with Crippen LogP contribution < -0.4 is 0 Å². The van der Waals surface area contributed by atoms with Crippen molar-refractivity contribution in [3.8, 4) is 0 Å². The van der Waals surface area contributed by atoms with Crippen LogP contribution in [0, 0.1) is 0 Å². The zero-order chi connectivity index (χ0) is 10.8. The van der Waals surface area contributed by atoms with E-state index in [4.69, 9.17) is 0 Å². The van der Waals surface area contributed by atoms with Gasteiger partial charge >= 0.3 is 0 Å². The number of likely N-dealkylation sites (tertiary alicyclic amines) is 1. The van der Waals surface area contributed by atoms with E-state index in [0.29, 0.717) is 19.4 Å². The first kappa shape index (κ1) is 10.4. The lowest BCUT2D eigenvalue weighted by atomic mass is 10.2. The van der Waals surface area contributed by atoms with Gasteiger partial charge in [0.05, 0.1) is 6.54 Å². The lowest BCUT2D eigenvalue weighted by Gasteiger charge is -2.13. The van der Waals surface area contributed by atoms with Crippen molar-refractivity contribution in [3.05, 3.63) is 34.3 Å². The van der Waals surface area contributed by atoms with Crippen LogP contribution in [0.1, 0.15) is 18.4 Å². The fraction of sp³-hybridized carbons (Fsp3) is 0.273. The zero-order valence-corrected chi connectivity index (χ0v) is 9.66. The highest BCUT2D eigenvalue weighted by molar-refractivity contribution is 9.10. The van der Waals surface area contributed by atoms with Crippen LogP contribution in [0.3, 0.4) is 0 Å². The molecule has 15 heavy (non-hydrogen) atoms. The second-order valence-electron chi connectivity index (χ2n) is 3.50. The summed E-state index contributed by atoms with van der Waals surface area (Å²) in [5.41, 5.74) is 0.966. The fourth-order valence-corrected chi connectivity index (χ4v) is 2.06. The Labute approximate surface area is 96.2 Å². The smallest absolute Gasteiger partial charge is 0.229 e. The Hall–Kier alpha value is -1.16. The van der Waals surface area contributed by atoms with Gasteiger partial charge in [0.1, 0.15) is 0 Å². The molecule has 1 aromatic carbocycles. The second kappa shape index (κ2) is 4.14. The molecule has 0 bridgehead atoms. The Morgan fingerprint density at radius 1 is 1.20 bits per heavy atom. The van der Waals surface area contributed by atoms with Gasteiger partial charge in [0.15, 0.2) is 0 Å². The van der Waals surface area contributed by atoms with E-state index >= 15 is 0 Å². The first-order valence-corrected chi connectivity index (χ1v) is 5.54. The summed E-state index contributed by atoms with van der Waals surface area (Å²) < 4.78 is 0.957. The summed E-state index contributed by atoms with van der Waals surface area (Å²) in [7, 11) is 0. The molecule has 0 aromatic heterocycles. The number of benzene rings is 1. The molecule has 0 aliphatic carbocycles. The Kier molecular flexibility index (Phi) is 2.86. The van der Waals surface area contributed by atoms with Gasteiger partial charge in [-0.25, -0.2) is 0 Å². The number of carbonyl (C=O) groups excluding carboxylic acids is 2. The molecule has 0 saturated carbocycles. The van der Waals surface area contributed by atoms with E-state index in [2.05, 4.69) is 15.9 Å². The molecule has 0 N–H and O–H groups in total. The van der Waals surface area contributed by atoms with Gasteiger partial charge in [-0.1, -0.05) is 28.1 Å². The van der Waals surface area contributed by atoms with E-state index in [1.807, 2.05) is 24.3 Å². The van der Waals surface area contributed by atoms with Gasteiger partial charge in [-0.15, -0.1) is 0 Å². The van der Waals surface area contributed by atoms with Crippen LogP contribution in [0.5, 0.6) is 0 Å². The molecule has 1 aliphatic rings. The van der Waals surface area contributed by atoms with E-state index < -0.39 is 0 Å². The topological polar surface area (TPSA) is 37.4 Å². The van der Waals surface area contributed by atoms with Crippen molar-refractivity contribution in [2.45, 2.75) is 19.4 Å². The number of halogens is 1. The van der Waals surface area contributed by atoms with Crippen molar-refractivity contribution in [2.75, 3.05) is 0 Å². The van der Waals surface area contributed by atoms with Gasteiger partial charge in [-0.2, -0.15) is 0 Å². The predicted octanol–water partition coefficient (Wildman–Crippen LogP) is 2.10. The molecule has 4 heteroatoms. The van der Waals surface area contributed by atoms with Crippen LogP contribution in [0.15, 0.2) is 28.7 Å². The molecule has 1 aromatic rings. The minimum atomic E-state index is -0.0695. The van der Waals surface area contributed by atoms with E-state index in [0.717, 1.165) is 10.0 Å². The quantitative estimate of drug-likeness (QED) is 0.770. The highest BCUT2D eigenvalue weighted by atomic mass is 79.9. The third-order valence-corrected chi connectivity index (χ3v) is 2.88. The van der Waals surface area contributed by atoms with Crippen LogP contribution in [-0.2, 0) is 16.1 Å². The van der Waals surface area contributed by atoms with Crippen LogP contribution in [-0.4, -0.2) is 16.7 Å². The van der Waals surface area contributed by atoms with Crippen molar-refractivity contribution in [2.24, 2.45) is 0 Å². The summed E-state index contributed by atoms with van der Waals surface area (Å²) in [6.45, 7) is 0.386. The van der Waals surface area contributed by atoms with Gasteiger partial charge in [0.2, 0.25) is 11.8 Å². The molecule has 1 fully saturated rings. The van der Waals surface area contributed by atoms with Crippen molar-refractivity contribution >= 4 is 27.7 Å². The Morgan fingerprint density at radius 3 is 2.47 bits per heavy atom. The average molecular weight is 268 g/mol. The number of rotatable bonds is 2. The van der Waals surface area contributed by atoms with Gasteiger partial charge in [-0.05, 0) is 17.7 Å². The van der Waals surface area contributed by atoms with Gasteiger partial charge in [0.25, 0.3) is 0 Å². The van der Waals surface area contributed by atoms with Crippen molar-refractivity contribution in [1.82, 2.24) is 4.90 Å². The summed E-state index contributed by atoms with van der Waals surface area (Å²) in [6, 6.07) is 7.63. The molecular formula is C11H10BrNO2. The van der Waals surface area contributed by atoms with Crippen LogP contribution >= 0.6 is 15.9 Å². The highest BCUT2D eigenvalue weighted by Crippen LogP contribution is 2.18. The second-order valence-corrected chi connectivity index (χ2v) is 4.42. The Bertz CT molecular complexity index is 401. The first-order chi connectivity index (χ1) is 7.16. The number of carbonyl (C=O) groups is 2. The summed E-state index contributed by atoms with van der Waals surface area (Å²) in [4.78, 5) is 24.1. The molecule has 1 saturated heterocycles. The number of hydrogen-bond donors (Lipinski definition) is 0. The lowest BCUT2D eigenvalue weighted by Crippen LogP contribution is -2.28. The van der Waals surface area contributed by atoms with E-state index in [1.54, 1.807) is 0 Å². The normalized spacial score (nSPS) is 16.2. The minimum Gasteiger partial charge on any atom is -0.278 e. The Balaban J connectivity index is 2.15. The summed E-state index contributed by atoms with van der Waals surface area (Å²) in [5, 5.41) is 0. The molecule has 0 unspecified atom stereocenters. The van der Waals surface area contributed by atoms with E-state index in [1.165, 1.54) is 4.90 Å². The highest BCUT2D eigenvalue weighted by Gasteiger charge is 2.28. The fourth-order valence-electron chi connectivity index (χ4n) is 1.62. The van der Waals surface area contributed by atoms with Crippen LogP contribution in [0.4, 0.5) is 0 Å². The first-order valence-electron chi connectivity index (χ1n) is 4.74. The zero-order valence-electron chi connectivity index (χ0n) is 8.07. The van der Waals surface area contributed by atoms with Crippen molar-refractivity contribution in [3.63, 3.8) is 0 Å². The maximum Gasteiger partial charge on any atom is 0.229 e. The monoisotopic (exact) mass is 267 g/mol. The molecule has 78 valence electrons. The number of amides is 2. The lowest BCUT2D eigenvalue weighted by molar-refractivity contribution is -0.139. The van der Waals surface area contributed by atoms with Gasteiger partial charge in [-0.3, -0.25) is 14.5 Å². The summed E-state index contributed by atoms with van der Waals surface area (Å²) in [5.74, 6) is -0.139. The number of nitrogens with zero attached hydrogens (tertiary/aromatic N) is 1. The molecule has 2 rings (SSSR count). The third kappa shape index (κ3) is 2.26. The number of imide groups is 1.